The Bertz CT molecular complexity index is 1130. The standard InChI is InChI=1S/C23H23N5O4/c1-24-21(29)15-5-4-6-16(13-15)27-23(31)28(3)17-7-9-18(10-8-17)32-19-11-12-26-20(14-19)22(30)25-2/h4-14H,1-3H3,(H,24,29)(H,25,30)(H,27,31). The maximum absolute atomic E-state index is 12.6. The van der Waals surface area contributed by atoms with Crippen molar-refractivity contribution in [3.63, 3.8) is 0 Å². The number of carbonyl (C=O) groups is 3. The monoisotopic (exact) mass is 433 g/mol. The van der Waals surface area contributed by atoms with E-state index in [0.717, 1.165) is 0 Å². The van der Waals surface area contributed by atoms with Gasteiger partial charge in [-0.1, -0.05) is 6.07 Å². The van der Waals surface area contributed by atoms with Crippen LogP contribution in [0.3, 0.4) is 0 Å². The first-order valence-corrected chi connectivity index (χ1v) is 9.74. The minimum absolute atomic E-state index is 0.235. The minimum atomic E-state index is -0.364. The van der Waals surface area contributed by atoms with E-state index in [4.69, 9.17) is 4.74 Å². The largest absolute Gasteiger partial charge is 0.457 e. The van der Waals surface area contributed by atoms with Gasteiger partial charge in [0.1, 0.15) is 17.2 Å². The molecule has 0 aliphatic rings. The molecule has 0 atom stereocenters. The lowest BCUT2D eigenvalue weighted by Gasteiger charge is -2.19. The molecular formula is C23H23N5O4. The summed E-state index contributed by atoms with van der Waals surface area (Å²) in [5, 5.41) is 7.83. The number of rotatable bonds is 6. The van der Waals surface area contributed by atoms with Crippen molar-refractivity contribution in [2.45, 2.75) is 0 Å². The number of benzene rings is 2. The first kappa shape index (κ1) is 22.3. The molecule has 0 radical (unpaired) electrons. The van der Waals surface area contributed by atoms with Crippen LogP contribution in [0.2, 0.25) is 0 Å². The highest BCUT2D eigenvalue weighted by molar-refractivity contribution is 6.02. The van der Waals surface area contributed by atoms with E-state index in [1.807, 2.05) is 0 Å². The molecule has 0 bridgehead atoms. The molecule has 0 fully saturated rings. The molecule has 32 heavy (non-hydrogen) atoms. The SMILES string of the molecule is CNC(=O)c1cccc(NC(=O)N(C)c2ccc(Oc3ccnc(C(=O)NC)c3)cc2)c1. The Balaban J connectivity index is 1.66. The predicted molar refractivity (Wildman–Crippen MR) is 121 cm³/mol. The summed E-state index contributed by atoms with van der Waals surface area (Å²) in [6.07, 6.45) is 1.49. The molecular weight excluding hydrogens is 410 g/mol. The second-order valence-electron chi connectivity index (χ2n) is 6.70. The van der Waals surface area contributed by atoms with Gasteiger partial charge < -0.3 is 20.7 Å². The molecule has 3 rings (SSSR count). The van der Waals surface area contributed by atoms with Crippen molar-refractivity contribution in [2.75, 3.05) is 31.4 Å². The highest BCUT2D eigenvalue weighted by Crippen LogP contribution is 2.25. The lowest BCUT2D eigenvalue weighted by atomic mass is 10.2. The number of urea groups is 1. The summed E-state index contributed by atoms with van der Waals surface area (Å²) in [4.78, 5) is 41.5. The van der Waals surface area contributed by atoms with E-state index in [1.165, 1.54) is 18.1 Å². The smallest absolute Gasteiger partial charge is 0.326 e. The lowest BCUT2D eigenvalue weighted by Crippen LogP contribution is -2.31. The van der Waals surface area contributed by atoms with E-state index in [1.54, 1.807) is 74.8 Å². The van der Waals surface area contributed by atoms with Crippen LogP contribution in [0, 0.1) is 0 Å². The molecule has 1 heterocycles. The topological polar surface area (TPSA) is 113 Å². The highest BCUT2D eigenvalue weighted by atomic mass is 16.5. The summed E-state index contributed by atoms with van der Waals surface area (Å²) in [5.74, 6) is 0.462. The Morgan fingerprint density at radius 2 is 1.59 bits per heavy atom. The number of nitrogens with zero attached hydrogens (tertiary/aromatic N) is 2. The molecule has 164 valence electrons. The van der Waals surface area contributed by atoms with Crippen LogP contribution in [-0.4, -0.2) is 44.0 Å². The second-order valence-corrected chi connectivity index (χ2v) is 6.70. The first-order valence-electron chi connectivity index (χ1n) is 9.74. The quantitative estimate of drug-likeness (QED) is 0.552. The van der Waals surface area contributed by atoms with Gasteiger partial charge in [-0.05, 0) is 48.5 Å². The third kappa shape index (κ3) is 5.39. The number of amides is 4. The third-order valence-electron chi connectivity index (χ3n) is 4.56. The Morgan fingerprint density at radius 1 is 0.875 bits per heavy atom. The van der Waals surface area contributed by atoms with Crippen molar-refractivity contribution in [1.82, 2.24) is 15.6 Å². The van der Waals surface area contributed by atoms with Crippen molar-refractivity contribution in [3.05, 3.63) is 78.1 Å². The summed E-state index contributed by atoms with van der Waals surface area (Å²) in [7, 11) is 4.71. The number of hydrogen-bond donors (Lipinski definition) is 3. The zero-order chi connectivity index (χ0) is 23.1. The van der Waals surface area contributed by atoms with Crippen LogP contribution >= 0.6 is 0 Å². The zero-order valence-corrected chi connectivity index (χ0v) is 17.9. The van der Waals surface area contributed by atoms with Crippen LogP contribution in [0.4, 0.5) is 16.2 Å². The maximum atomic E-state index is 12.6. The van der Waals surface area contributed by atoms with Crippen molar-refractivity contribution in [3.8, 4) is 11.5 Å². The number of hydrogen-bond acceptors (Lipinski definition) is 5. The van der Waals surface area contributed by atoms with Gasteiger partial charge in [0.15, 0.2) is 0 Å². The molecule has 9 nitrogen and oxygen atoms in total. The molecule has 2 aromatic carbocycles. The normalized spacial score (nSPS) is 10.1. The molecule has 9 heteroatoms. The number of aromatic nitrogens is 1. The summed E-state index contributed by atoms with van der Waals surface area (Å²) in [6, 6.07) is 16.4. The first-order chi connectivity index (χ1) is 15.4. The maximum Gasteiger partial charge on any atom is 0.326 e. The van der Waals surface area contributed by atoms with E-state index in [-0.39, 0.29) is 23.5 Å². The highest BCUT2D eigenvalue weighted by Gasteiger charge is 2.13. The predicted octanol–water partition coefficient (Wildman–Crippen LogP) is 3.26. The lowest BCUT2D eigenvalue weighted by molar-refractivity contribution is 0.0952. The molecule has 0 saturated heterocycles. The van der Waals surface area contributed by atoms with Crippen LogP contribution in [0.1, 0.15) is 20.8 Å². The van der Waals surface area contributed by atoms with Crippen LogP contribution in [0.25, 0.3) is 0 Å². The van der Waals surface area contributed by atoms with Crippen LogP contribution in [0.5, 0.6) is 11.5 Å². The number of carbonyl (C=O) groups excluding carboxylic acids is 3. The van der Waals surface area contributed by atoms with Gasteiger partial charge in [0, 0.05) is 50.3 Å². The van der Waals surface area contributed by atoms with Gasteiger partial charge in [0.25, 0.3) is 11.8 Å². The van der Waals surface area contributed by atoms with E-state index in [0.29, 0.717) is 28.4 Å². The fraction of sp³-hybridized carbons (Fsp3) is 0.130. The molecule has 0 unspecified atom stereocenters. The van der Waals surface area contributed by atoms with Crippen molar-refractivity contribution in [2.24, 2.45) is 0 Å². The molecule has 3 aromatic rings. The second kappa shape index (κ2) is 10.1. The average molecular weight is 433 g/mol. The Labute approximate surface area is 185 Å². The van der Waals surface area contributed by atoms with Gasteiger partial charge in [-0.3, -0.25) is 19.5 Å². The Kier molecular flexibility index (Phi) is 7.02. The summed E-state index contributed by atoms with van der Waals surface area (Å²) >= 11 is 0. The Hall–Kier alpha value is -4.40. The zero-order valence-electron chi connectivity index (χ0n) is 17.9. The number of ether oxygens (including phenoxy) is 1. The van der Waals surface area contributed by atoms with Crippen LogP contribution < -0.4 is 25.6 Å². The third-order valence-corrected chi connectivity index (χ3v) is 4.56. The van der Waals surface area contributed by atoms with Crippen LogP contribution in [0.15, 0.2) is 66.9 Å². The molecule has 0 aliphatic carbocycles. The fourth-order valence-electron chi connectivity index (χ4n) is 2.81. The number of pyridine rings is 1. The molecule has 0 aliphatic heterocycles. The van der Waals surface area contributed by atoms with Gasteiger partial charge >= 0.3 is 6.03 Å². The van der Waals surface area contributed by atoms with Crippen molar-refractivity contribution < 1.29 is 19.1 Å². The molecule has 1 aromatic heterocycles. The molecule has 4 amide bonds. The molecule has 3 N–H and O–H groups in total. The summed E-state index contributed by atoms with van der Waals surface area (Å²) < 4.78 is 5.77. The molecule has 0 saturated carbocycles. The van der Waals surface area contributed by atoms with E-state index >= 15 is 0 Å². The fourth-order valence-corrected chi connectivity index (χ4v) is 2.81. The number of nitrogens with one attached hydrogen (secondary N) is 3. The molecule has 0 spiro atoms. The van der Waals surface area contributed by atoms with E-state index in [2.05, 4.69) is 20.9 Å². The Morgan fingerprint density at radius 3 is 2.28 bits per heavy atom. The summed E-state index contributed by atoms with van der Waals surface area (Å²) in [6.45, 7) is 0. The summed E-state index contributed by atoms with van der Waals surface area (Å²) in [5.41, 5.74) is 1.84. The number of anilines is 2. The minimum Gasteiger partial charge on any atom is -0.457 e. The van der Waals surface area contributed by atoms with Gasteiger partial charge in [0.05, 0.1) is 0 Å². The van der Waals surface area contributed by atoms with Gasteiger partial charge in [-0.25, -0.2) is 4.79 Å². The van der Waals surface area contributed by atoms with Crippen molar-refractivity contribution in [1.29, 1.82) is 0 Å². The van der Waals surface area contributed by atoms with Crippen LogP contribution in [-0.2, 0) is 0 Å². The van der Waals surface area contributed by atoms with Gasteiger partial charge in [0.2, 0.25) is 0 Å². The van der Waals surface area contributed by atoms with Gasteiger partial charge in [-0.2, -0.15) is 0 Å². The van der Waals surface area contributed by atoms with Crippen molar-refractivity contribution >= 4 is 29.2 Å². The average Bonchev–Trinajstić information content (AvgIpc) is 2.83. The van der Waals surface area contributed by atoms with E-state index in [9.17, 15) is 14.4 Å². The van der Waals surface area contributed by atoms with Gasteiger partial charge in [-0.15, -0.1) is 0 Å². The van der Waals surface area contributed by atoms with E-state index < -0.39 is 0 Å².